The number of hydrogen-bond acceptors (Lipinski definition) is 4. The van der Waals surface area contributed by atoms with Gasteiger partial charge in [-0.2, -0.15) is 0 Å². The van der Waals surface area contributed by atoms with E-state index in [4.69, 9.17) is 40.4 Å². The minimum atomic E-state index is -0.628. The molecule has 3 rings (SSSR count). The lowest BCUT2D eigenvalue weighted by atomic mass is 9.84. The second-order valence-electron chi connectivity index (χ2n) is 7.87. The quantitative estimate of drug-likeness (QED) is 0.286. The number of halogens is 2. The summed E-state index contributed by atoms with van der Waals surface area (Å²) in [6.45, 7) is 2.09. The highest BCUT2D eigenvalue weighted by molar-refractivity contribution is 6.35. The Labute approximate surface area is 192 Å². The van der Waals surface area contributed by atoms with Crippen LogP contribution in [-0.2, 0) is 11.3 Å². The Hall–Kier alpha value is -2.32. The van der Waals surface area contributed by atoms with E-state index in [1.807, 2.05) is 30.3 Å². The van der Waals surface area contributed by atoms with E-state index in [0.717, 1.165) is 29.8 Å². The van der Waals surface area contributed by atoms with E-state index < -0.39 is 6.04 Å². The molecule has 2 atom stereocenters. The SMILES string of the molecule is CN1Cc2c(Cl)cc(Cl)cc2C(c2ccc(NC(=O)[C@@H](N)CCCN=C(N)N)cc2)C1. The van der Waals surface area contributed by atoms with E-state index in [9.17, 15) is 4.79 Å². The van der Waals surface area contributed by atoms with Gasteiger partial charge in [0.2, 0.25) is 5.91 Å². The van der Waals surface area contributed by atoms with Crippen molar-refractivity contribution in [2.45, 2.75) is 31.3 Å². The number of amides is 1. The zero-order valence-corrected chi connectivity index (χ0v) is 19.0. The van der Waals surface area contributed by atoms with Crippen molar-refractivity contribution >= 4 is 40.8 Å². The van der Waals surface area contributed by atoms with Crippen molar-refractivity contribution in [2.75, 3.05) is 25.5 Å². The molecule has 1 aliphatic heterocycles. The van der Waals surface area contributed by atoms with Gasteiger partial charge in [-0.3, -0.25) is 9.79 Å². The molecule has 0 spiro atoms. The predicted molar refractivity (Wildman–Crippen MR) is 128 cm³/mol. The standard InChI is InChI=1S/C22H28Cl2N6O/c1-30-11-17(16-9-14(23)10-19(24)18(16)12-30)13-4-6-15(7-5-13)29-21(31)20(25)3-2-8-28-22(26)27/h4-7,9-10,17,20H,2-3,8,11-12,25H2,1H3,(H,29,31)(H4,26,27,28)/t17?,20-/m0/s1. The smallest absolute Gasteiger partial charge is 0.241 e. The third-order valence-electron chi connectivity index (χ3n) is 5.38. The van der Waals surface area contributed by atoms with E-state index in [0.29, 0.717) is 35.1 Å². The highest BCUT2D eigenvalue weighted by Crippen LogP contribution is 2.38. The summed E-state index contributed by atoms with van der Waals surface area (Å²) >= 11 is 12.7. The number of carbonyl (C=O) groups excluding carboxylic acids is 1. The molecule has 0 bridgehead atoms. The molecule has 2 aromatic carbocycles. The summed E-state index contributed by atoms with van der Waals surface area (Å²) in [6.07, 6.45) is 1.12. The fourth-order valence-corrected chi connectivity index (χ4v) is 4.38. The second kappa shape index (κ2) is 10.3. The van der Waals surface area contributed by atoms with Crippen molar-refractivity contribution in [2.24, 2.45) is 22.2 Å². The molecule has 0 saturated heterocycles. The fourth-order valence-electron chi connectivity index (χ4n) is 3.81. The average Bonchev–Trinajstić information content (AvgIpc) is 2.71. The van der Waals surface area contributed by atoms with E-state index in [1.54, 1.807) is 6.07 Å². The Kier molecular flexibility index (Phi) is 7.78. The molecule has 0 saturated carbocycles. The Morgan fingerprint density at radius 1 is 1.26 bits per heavy atom. The number of nitrogens with two attached hydrogens (primary N) is 3. The van der Waals surface area contributed by atoms with Crippen LogP contribution in [0.3, 0.4) is 0 Å². The van der Waals surface area contributed by atoms with Crippen LogP contribution in [0.5, 0.6) is 0 Å². The number of nitrogens with zero attached hydrogens (tertiary/aromatic N) is 2. The van der Waals surface area contributed by atoms with Gasteiger partial charge >= 0.3 is 0 Å². The van der Waals surface area contributed by atoms with Crippen molar-refractivity contribution in [3.05, 3.63) is 63.1 Å². The van der Waals surface area contributed by atoms with Crippen LogP contribution in [0.1, 0.15) is 35.4 Å². The molecule has 7 nitrogen and oxygen atoms in total. The van der Waals surface area contributed by atoms with Crippen LogP contribution >= 0.6 is 23.2 Å². The molecule has 0 aliphatic carbocycles. The average molecular weight is 463 g/mol. The molecular weight excluding hydrogens is 435 g/mol. The topological polar surface area (TPSA) is 123 Å². The number of fused-ring (bicyclic) bond motifs is 1. The molecular formula is C22H28Cl2N6O. The van der Waals surface area contributed by atoms with Crippen molar-refractivity contribution < 1.29 is 4.79 Å². The van der Waals surface area contributed by atoms with Gasteiger partial charge < -0.3 is 27.4 Å². The Bertz CT molecular complexity index is 959. The lowest BCUT2D eigenvalue weighted by molar-refractivity contribution is -0.117. The molecule has 2 aromatic rings. The summed E-state index contributed by atoms with van der Waals surface area (Å²) < 4.78 is 0. The summed E-state index contributed by atoms with van der Waals surface area (Å²) in [5.41, 5.74) is 20.6. The second-order valence-corrected chi connectivity index (χ2v) is 8.71. The van der Waals surface area contributed by atoms with Gasteiger partial charge in [0.25, 0.3) is 0 Å². The fraction of sp³-hybridized carbons (Fsp3) is 0.364. The lowest BCUT2D eigenvalue weighted by Crippen LogP contribution is -2.35. The van der Waals surface area contributed by atoms with Crippen molar-refractivity contribution in [3.8, 4) is 0 Å². The first-order valence-corrected chi connectivity index (χ1v) is 10.9. The van der Waals surface area contributed by atoms with Crippen LogP contribution in [0.25, 0.3) is 0 Å². The summed E-state index contributed by atoms with van der Waals surface area (Å²) in [6, 6.07) is 11.0. The molecule has 1 unspecified atom stereocenters. The largest absolute Gasteiger partial charge is 0.370 e. The van der Waals surface area contributed by atoms with Gasteiger partial charge in [0, 0.05) is 41.3 Å². The Morgan fingerprint density at radius 3 is 2.65 bits per heavy atom. The summed E-state index contributed by atoms with van der Waals surface area (Å²) in [7, 11) is 2.07. The van der Waals surface area contributed by atoms with E-state index in [2.05, 4.69) is 22.3 Å². The number of hydrogen-bond donors (Lipinski definition) is 4. The maximum absolute atomic E-state index is 12.4. The van der Waals surface area contributed by atoms with Gasteiger partial charge in [0.1, 0.15) is 0 Å². The van der Waals surface area contributed by atoms with E-state index in [1.165, 1.54) is 0 Å². The Morgan fingerprint density at radius 2 is 1.97 bits per heavy atom. The van der Waals surface area contributed by atoms with Gasteiger partial charge in [-0.1, -0.05) is 35.3 Å². The van der Waals surface area contributed by atoms with Gasteiger partial charge in [0.05, 0.1) is 6.04 Å². The van der Waals surface area contributed by atoms with Gasteiger partial charge in [-0.05, 0) is 60.8 Å². The van der Waals surface area contributed by atoms with Crippen LogP contribution in [0.2, 0.25) is 10.0 Å². The molecule has 9 heteroatoms. The number of anilines is 1. The first-order valence-electron chi connectivity index (χ1n) is 10.1. The molecule has 166 valence electrons. The minimum absolute atomic E-state index is 0.0365. The lowest BCUT2D eigenvalue weighted by Gasteiger charge is -2.33. The van der Waals surface area contributed by atoms with E-state index in [-0.39, 0.29) is 17.8 Å². The van der Waals surface area contributed by atoms with Crippen LogP contribution in [0.4, 0.5) is 5.69 Å². The zero-order chi connectivity index (χ0) is 22.5. The first-order chi connectivity index (χ1) is 14.7. The third-order valence-corrected chi connectivity index (χ3v) is 5.93. The first kappa shape index (κ1) is 23.3. The minimum Gasteiger partial charge on any atom is -0.370 e. The van der Waals surface area contributed by atoms with Crippen LogP contribution < -0.4 is 22.5 Å². The number of carbonyl (C=O) groups is 1. The predicted octanol–water partition coefficient (Wildman–Crippen LogP) is 2.89. The zero-order valence-electron chi connectivity index (χ0n) is 17.4. The number of rotatable bonds is 7. The molecule has 31 heavy (non-hydrogen) atoms. The molecule has 1 heterocycles. The summed E-state index contributed by atoms with van der Waals surface area (Å²) in [4.78, 5) is 18.5. The molecule has 0 radical (unpaired) electrons. The number of aliphatic imine (C=N–C) groups is 1. The van der Waals surface area contributed by atoms with Crippen LogP contribution in [-0.4, -0.2) is 42.9 Å². The molecule has 0 fully saturated rings. The van der Waals surface area contributed by atoms with Crippen molar-refractivity contribution in [1.29, 1.82) is 0 Å². The monoisotopic (exact) mass is 462 g/mol. The van der Waals surface area contributed by atoms with E-state index >= 15 is 0 Å². The molecule has 0 aromatic heterocycles. The maximum atomic E-state index is 12.4. The highest BCUT2D eigenvalue weighted by Gasteiger charge is 2.27. The number of nitrogens with one attached hydrogen (secondary N) is 1. The van der Waals surface area contributed by atoms with Gasteiger partial charge in [-0.25, -0.2) is 0 Å². The highest BCUT2D eigenvalue weighted by atomic mass is 35.5. The van der Waals surface area contributed by atoms with Gasteiger partial charge in [-0.15, -0.1) is 0 Å². The van der Waals surface area contributed by atoms with Gasteiger partial charge in [0.15, 0.2) is 5.96 Å². The molecule has 1 aliphatic rings. The maximum Gasteiger partial charge on any atom is 0.241 e. The Balaban J connectivity index is 1.67. The number of benzene rings is 2. The molecule has 7 N–H and O–H groups in total. The number of guanidine groups is 1. The number of likely N-dealkylation sites (N-methyl/N-ethyl adjacent to an activating group) is 1. The van der Waals surface area contributed by atoms with Crippen molar-refractivity contribution in [3.63, 3.8) is 0 Å². The van der Waals surface area contributed by atoms with Crippen molar-refractivity contribution in [1.82, 2.24) is 4.90 Å². The normalized spacial score (nSPS) is 17.0. The van der Waals surface area contributed by atoms with Crippen LogP contribution in [0.15, 0.2) is 41.4 Å². The third kappa shape index (κ3) is 6.11. The molecule has 1 amide bonds. The summed E-state index contributed by atoms with van der Waals surface area (Å²) in [5.74, 6) is -0.0549. The summed E-state index contributed by atoms with van der Waals surface area (Å²) in [5, 5.41) is 4.19. The van der Waals surface area contributed by atoms with Crippen LogP contribution in [0, 0.1) is 0 Å².